The van der Waals surface area contributed by atoms with Gasteiger partial charge in [0.25, 0.3) is 5.22 Å². The van der Waals surface area contributed by atoms with E-state index in [0.717, 1.165) is 5.69 Å². The molecule has 0 saturated heterocycles. The van der Waals surface area contributed by atoms with E-state index in [1.54, 1.807) is 30.5 Å². The number of nitrogens with zero attached hydrogens (tertiary/aromatic N) is 1. The predicted molar refractivity (Wildman–Crippen MR) is 67.7 cm³/mol. The third kappa shape index (κ3) is 3.35. The zero-order chi connectivity index (χ0) is 12.3. The quantitative estimate of drug-likeness (QED) is 0.627. The van der Waals surface area contributed by atoms with E-state index in [-0.39, 0.29) is 5.78 Å². The van der Waals surface area contributed by atoms with Crippen molar-refractivity contribution in [3.05, 3.63) is 46.8 Å². The Hall–Kier alpha value is -1.26. The van der Waals surface area contributed by atoms with Crippen LogP contribution in [0.3, 0.4) is 0 Å². The minimum atomic E-state index is 0.0301. The highest BCUT2D eigenvalue weighted by atomic mass is 35.5. The molecule has 0 saturated carbocycles. The molecule has 0 aliphatic rings. The molecule has 5 heteroatoms. The van der Waals surface area contributed by atoms with E-state index >= 15 is 0 Å². The van der Waals surface area contributed by atoms with Crippen LogP contribution in [0.5, 0.6) is 0 Å². The molecule has 1 aromatic carbocycles. The number of benzene rings is 1. The Morgan fingerprint density at radius 2 is 2.12 bits per heavy atom. The van der Waals surface area contributed by atoms with Gasteiger partial charge in [-0.3, -0.25) is 4.79 Å². The zero-order valence-electron chi connectivity index (χ0n) is 9.14. The van der Waals surface area contributed by atoms with E-state index in [1.807, 2.05) is 6.92 Å². The number of halogens is 1. The first-order valence-corrected chi connectivity index (χ1v) is 6.35. The average molecular weight is 268 g/mol. The molecule has 2 aromatic rings. The zero-order valence-corrected chi connectivity index (χ0v) is 10.7. The highest BCUT2D eigenvalue weighted by Crippen LogP contribution is 2.19. The monoisotopic (exact) mass is 267 g/mol. The van der Waals surface area contributed by atoms with E-state index < -0.39 is 0 Å². The second-order valence-corrected chi connectivity index (χ2v) is 4.84. The molecule has 0 radical (unpaired) electrons. The first-order valence-electron chi connectivity index (χ1n) is 4.99. The highest BCUT2D eigenvalue weighted by Gasteiger charge is 2.09. The van der Waals surface area contributed by atoms with Crippen LogP contribution in [0, 0.1) is 6.92 Å². The summed E-state index contributed by atoms with van der Waals surface area (Å²) in [5.41, 5.74) is 1.46. The van der Waals surface area contributed by atoms with Crippen LogP contribution in [-0.2, 0) is 0 Å². The van der Waals surface area contributed by atoms with E-state index in [4.69, 9.17) is 16.0 Å². The van der Waals surface area contributed by atoms with Crippen molar-refractivity contribution in [1.82, 2.24) is 4.98 Å². The summed E-state index contributed by atoms with van der Waals surface area (Å²) in [6.45, 7) is 1.84. The lowest BCUT2D eigenvalue weighted by molar-refractivity contribution is 0.102. The summed E-state index contributed by atoms with van der Waals surface area (Å²) < 4.78 is 5.15. The van der Waals surface area contributed by atoms with Crippen molar-refractivity contribution in [2.45, 2.75) is 12.1 Å². The fourth-order valence-electron chi connectivity index (χ4n) is 1.25. The van der Waals surface area contributed by atoms with Crippen molar-refractivity contribution in [3.8, 4) is 0 Å². The molecule has 88 valence electrons. The summed E-state index contributed by atoms with van der Waals surface area (Å²) in [4.78, 5) is 15.9. The van der Waals surface area contributed by atoms with Crippen LogP contribution in [0.4, 0.5) is 0 Å². The lowest BCUT2D eigenvalue weighted by Gasteiger charge is -1.98. The molecule has 0 bridgehead atoms. The standard InChI is InChI=1S/C12H10ClNO2S/c1-8-6-16-12(14-8)17-7-11(15)9-2-4-10(13)5-3-9/h2-6H,7H2,1H3. The third-order valence-electron chi connectivity index (χ3n) is 2.09. The molecule has 0 spiro atoms. The van der Waals surface area contributed by atoms with Gasteiger partial charge in [0.2, 0.25) is 0 Å². The molecular weight excluding hydrogens is 258 g/mol. The minimum Gasteiger partial charge on any atom is -0.440 e. The molecule has 0 atom stereocenters. The number of ketones is 1. The average Bonchev–Trinajstić information content (AvgIpc) is 2.73. The van der Waals surface area contributed by atoms with Gasteiger partial charge in [-0.15, -0.1) is 0 Å². The maximum absolute atomic E-state index is 11.8. The fourth-order valence-corrected chi connectivity index (χ4v) is 2.12. The Morgan fingerprint density at radius 1 is 1.41 bits per heavy atom. The first-order chi connectivity index (χ1) is 8.15. The smallest absolute Gasteiger partial charge is 0.256 e. The summed E-state index contributed by atoms with van der Waals surface area (Å²) in [5, 5.41) is 1.14. The van der Waals surface area contributed by atoms with Crippen molar-refractivity contribution in [1.29, 1.82) is 0 Å². The van der Waals surface area contributed by atoms with Crippen LogP contribution in [0.2, 0.25) is 5.02 Å². The van der Waals surface area contributed by atoms with Crippen molar-refractivity contribution in [2.75, 3.05) is 5.75 Å². The van der Waals surface area contributed by atoms with E-state index in [0.29, 0.717) is 21.6 Å². The van der Waals surface area contributed by atoms with E-state index in [9.17, 15) is 4.79 Å². The predicted octanol–water partition coefficient (Wildman–Crippen LogP) is 3.61. The van der Waals surface area contributed by atoms with Gasteiger partial charge in [0.1, 0.15) is 6.26 Å². The number of carbonyl (C=O) groups is 1. The number of aromatic nitrogens is 1. The SMILES string of the molecule is Cc1coc(SCC(=O)c2ccc(Cl)cc2)n1. The molecule has 2 rings (SSSR count). The largest absolute Gasteiger partial charge is 0.440 e. The maximum Gasteiger partial charge on any atom is 0.256 e. The fraction of sp³-hybridized carbons (Fsp3) is 0.167. The van der Waals surface area contributed by atoms with Crippen LogP contribution in [0.1, 0.15) is 16.1 Å². The number of oxazole rings is 1. The lowest BCUT2D eigenvalue weighted by atomic mass is 10.1. The normalized spacial score (nSPS) is 10.5. The van der Waals surface area contributed by atoms with Gasteiger partial charge in [-0.1, -0.05) is 23.4 Å². The molecule has 0 aliphatic carbocycles. The van der Waals surface area contributed by atoms with E-state index in [1.165, 1.54) is 11.8 Å². The summed E-state index contributed by atoms with van der Waals surface area (Å²) >= 11 is 7.04. The Labute approximate surface area is 108 Å². The lowest BCUT2D eigenvalue weighted by Crippen LogP contribution is -2.01. The first kappa shape index (κ1) is 12.2. The van der Waals surface area contributed by atoms with Gasteiger partial charge in [-0.05, 0) is 31.2 Å². The molecule has 0 amide bonds. The molecule has 1 aromatic heterocycles. The van der Waals surface area contributed by atoms with Crippen LogP contribution in [0.15, 0.2) is 40.2 Å². The highest BCUT2D eigenvalue weighted by molar-refractivity contribution is 7.99. The topological polar surface area (TPSA) is 43.1 Å². The second kappa shape index (κ2) is 5.38. The van der Waals surface area contributed by atoms with Crippen molar-refractivity contribution >= 4 is 29.1 Å². The minimum absolute atomic E-state index is 0.0301. The van der Waals surface area contributed by atoms with Crippen LogP contribution >= 0.6 is 23.4 Å². The number of rotatable bonds is 4. The molecule has 0 unspecified atom stereocenters. The number of thioether (sulfide) groups is 1. The van der Waals surface area contributed by atoms with E-state index in [2.05, 4.69) is 4.98 Å². The van der Waals surface area contributed by atoms with Gasteiger partial charge >= 0.3 is 0 Å². The Morgan fingerprint density at radius 3 is 2.71 bits per heavy atom. The number of hydrogen-bond donors (Lipinski definition) is 0. The van der Waals surface area contributed by atoms with Gasteiger partial charge < -0.3 is 4.42 Å². The van der Waals surface area contributed by atoms with Crippen molar-refractivity contribution in [2.24, 2.45) is 0 Å². The molecule has 0 fully saturated rings. The third-order valence-corrected chi connectivity index (χ3v) is 3.18. The van der Waals surface area contributed by atoms with Crippen molar-refractivity contribution in [3.63, 3.8) is 0 Å². The molecule has 0 aliphatic heterocycles. The Balaban J connectivity index is 1.95. The number of hydrogen-bond acceptors (Lipinski definition) is 4. The summed E-state index contributed by atoms with van der Waals surface area (Å²) in [5.74, 6) is 0.337. The summed E-state index contributed by atoms with van der Waals surface area (Å²) in [6, 6.07) is 6.83. The summed E-state index contributed by atoms with van der Waals surface area (Å²) in [6.07, 6.45) is 1.56. The van der Waals surface area contributed by atoms with Gasteiger partial charge in [0.05, 0.1) is 11.4 Å². The molecule has 17 heavy (non-hydrogen) atoms. The Kier molecular flexibility index (Phi) is 3.86. The van der Waals surface area contributed by atoms with Gasteiger partial charge in [0.15, 0.2) is 5.78 Å². The van der Waals surface area contributed by atoms with Gasteiger partial charge in [-0.25, -0.2) is 4.98 Å². The Bertz CT molecular complexity index is 522. The van der Waals surface area contributed by atoms with Gasteiger partial charge in [0, 0.05) is 10.6 Å². The van der Waals surface area contributed by atoms with Crippen LogP contribution in [-0.4, -0.2) is 16.5 Å². The molecule has 1 heterocycles. The van der Waals surface area contributed by atoms with Crippen molar-refractivity contribution < 1.29 is 9.21 Å². The summed E-state index contributed by atoms with van der Waals surface area (Å²) in [7, 11) is 0. The van der Waals surface area contributed by atoms with Gasteiger partial charge in [-0.2, -0.15) is 0 Å². The maximum atomic E-state index is 11.8. The molecule has 3 nitrogen and oxygen atoms in total. The number of aryl methyl sites for hydroxylation is 1. The molecule has 0 N–H and O–H groups in total. The number of carbonyl (C=O) groups excluding carboxylic acids is 1. The van der Waals surface area contributed by atoms with Crippen LogP contribution in [0.25, 0.3) is 0 Å². The van der Waals surface area contributed by atoms with Crippen LogP contribution < -0.4 is 0 Å². The second-order valence-electron chi connectivity index (χ2n) is 3.47. The number of Topliss-reactive ketones (excluding diaryl/α,β-unsaturated/α-hetero) is 1. The molecular formula is C12H10ClNO2S.